The standard InChI is InChI=1S/C20H22IN5O/c1-12(2)10-22-16-9-18(21)25-26-17(11-23-19(16)26)13-3-5-14(6-4-13)20(27)24-15-7-8-15/h3-6,9,11-12,15,22H,7-8,10H2,1-2H3,(H,24,27). The third-order valence-electron chi connectivity index (χ3n) is 4.49. The molecule has 140 valence electrons. The van der Waals surface area contributed by atoms with Gasteiger partial charge in [-0.15, -0.1) is 0 Å². The Bertz CT molecular complexity index is 976. The molecule has 2 heterocycles. The van der Waals surface area contributed by atoms with Gasteiger partial charge in [0.15, 0.2) is 5.65 Å². The van der Waals surface area contributed by atoms with E-state index in [9.17, 15) is 4.79 Å². The highest BCUT2D eigenvalue weighted by Gasteiger charge is 2.23. The first-order valence-corrected chi connectivity index (χ1v) is 10.3. The first-order chi connectivity index (χ1) is 13.0. The van der Waals surface area contributed by atoms with Gasteiger partial charge < -0.3 is 10.6 Å². The molecule has 2 aromatic heterocycles. The number of benzene rings is 1. The molecular weight excluding hydrogens is 453 g/mol. The smallest absolute Gasteiger partial charge is 0.251 e. The summed E-state index contributed by atoms with van der Waals surface area (Å²) in [7, 11) is 0. The van der Waals surface area contributed by atoms with Crippen molar-refractivity contribution in [3.8, 4) is 11.3 Å². The largest absolute Gasteiger partial charge is 0.382 e. The van der Waals surface area contributed by atoms with Gasteiger partial charge in [-0.2, -0.15) is 5.10 Å². The van der Waals surface area contributed by atoms with Crippen molar-refractivity contribution in [1.29, 1.82) is 0 Å². The molecule has 27 heavy (non-hydrogen) atoms. The van der Waals surface area contributed by atoms with E-state index in [1.807, 2.05) is 41.0 Å². The van der Waals surface area contributed by atoms with Crippen LogP contribution in [-0.4, -0.2) is 33.1 Å². The van der Waals surface area contributed by atoms with Crippen LogP contribution in [0.15, 0.2) is 36.5 Å². The lowest BCUT2D eigenvalue weighted by atomic mass is 10.1. The molecule has 0 atom stereocenters. The SMILES string of the molecule is CC(C)CNc1cc(I)nn2c(-c3ccc(C(=O)NC4CC4)cc3)cnc12. The molecule has 1 aliphatic carbocycles. The zero-order valence-electron chi connectivity index (χ0n) is 15.4. The van der Waals surface area contributed by atoms with Crippen LogP contribution in [-0.2, 0) is 0 Å². The molecule has 0 unspecified atom stereocenters. The second kappa shape index (κ2) is 7.46. The zero-order chi connectivity index (χ0) is 19.0. The van der Waals surface area contributed by atoms with Crippen molar-refractivity contribution in [3.05, 3.63) is 45.8 Å². The summed E-state index contributed by atoms with van der Waals surface area (Å²) in [4.78, 5) is 16.7. The number of anilines is 1. The van der Waals surface area contributed by atoms with Crippen LogP contribution in [0.25, 0.3) is 16.9 Å². The summed E-state index contributed by atoms with van der Waals surface area (Å²) in [6.45, 7) is 5.23. The molecule has 7 heteroatoms. The molecule has 1 saturated carbocycles. The molecule has 0 spiro atoms. The fourth-order valence-electron chi connectivity index (χ4n) is 2.87. The van der Waals surface area contributed by atoms with E-state index in [2.05, 4.69) is 57.2 Å². The molecule has 0 radical (unpaired) electrons. The Kier molecular flexibility index (Phi) is 5.03. The number of nitrogens with zero attached hydrogens (tertiary/aromatic N) is 3. The van der Waals surface area contributed by atoms with Crippen molar-refractivity contribution in [2.45, 2.75) is 32.7 Å². The molecule has 6 nitrogen and oxygen atoms in total. The molecule has 4 rings (SSSR count). The van der Waals surface area contributed by atoms with E-state index in [0.29, 0.717) is 17.5 Å². The summed E-state index contributed by atoms with van der Waals surface area (Å²) in [6.07, 6.45) is 4.00. The number of aromatic nitrogens is 3. The van der Waals surface area contributed by atoms with Gasteiger partial charge in [0.1, 0.15) is 3.70 Å². The predicted octanol–water partition coefficient (Wildman–Crippen LogP) is 3.96. The van der Waals surface area contributed by atoms with Crippen LogP contribution in [0.1, 0.15) is 37.0 Å². The number of carbonyl (C=O) groups is 1. The summed E-state index contributed by atoms with van der Waals surface area (Å²) in [6, 6.07) is 10.00. The number of imidazole rings is 1. The third-order valence-corrected chi connectivity index (χ3v) is 5.02. The number of hydrogen-bond acceptors (Lipinski definition) is 4. The van der Waals surface area contributed by atoms with E-state index >= 15 is 0 Å². The normalized spacial score (nSPS) is 13.9. The van der Waals surface area contributed by atoms with E-state index in [1.165, 1.54) is 0 Å². The number of fused-ring (bicyclic) bond motifs is 1. The molecule has 0 aliphatic heterocycles. The first kappa shape index (κ1) is 18.2. The molecule has 1 aliphatic rings. The third kappa shape index (κ3) is 4.07. The van der Waals surface area contributed by atoms with E-state index in [0.717, 1.165) is 45.7 Å². The van der Waals surface area contributed by atoms with Crippen molar-refractivity contribution in [2.75, 3.05) is 11.9 Å². The number of carbonyl (C=O) groups excluding carboxylic acids is 1. The van der Waals surface area contributed by atoms with Crippen molar-refractivity contribution in [1.82, 2.24) is 19.9 Å². The van der Waals surface area contributed by atoms with Crippen LogP contribution in [0.3, 0.4) is 0 Å². The molecule has 0 bridgehead atoms. The summed E-state index contributed by atoms with van der Waals surface area (Å²) in [5.74, 6) is 0.537. The monoisotopic (exact) mass is 475 g/mol. The number of halogens is 1. The maximum absolute atomic E-state index is 12.2. The van der Waals surface area contributed by atoms with Crippen LogP contribution in [0.2, 0.25) is 0 Å². The minimum atomic E-state index is -0.00460. The van der Waals surface area contributed by atoms with E-state index in [1.54, 1.807) is 0 Å². The molecular formula is C20H22IN5O. The van der Waals surface area contributed by atoms with Crippen molar-refractivity contribution in [3.63, 3.8) is 0 Å². The Hall–Kier alpha value is -2.16. The van der Waals surface area contributed by atoms with Gasteiger partial charge in [0.2, 0.25) is 0 Å². The highest BCUT2D eigenvalue weighted by atomic mass is 127. The Labute approximate surface area is 171 Å². The van der Waals surface area contributed by atoms with Gasteiger partial charge in [-0.05, 0) is 59.5 Å². The number of amides is 1. The maximum Gasteiger partial charge on any atom is 0.251 e. The first-order valence-electron chi connectivity index (χ1n) is 9.20. The quantitative estimate of drug-likeness (QED) is 0.530. The molecule has 0 saturated heterocycles. The zero-order valence-corrected chi connectivity index (χ0v) is 17.5. The Morgan fingerprint density at radius 2 is 2.04 bits per heavy atom. The summed E-state index contributed by atoms with van der Waals surface area (Å²) >= 11 is 2.22. The highest BCUT2D eigenvalue weighted by molar-refractivity contribution is 14.1. The summed E-state index contributed by atoms with van der Waals surface area (Å²) in [5.41, 5.74) is 4.36. The Morgan fingerprint density at radius 1 is 1.30 bits per heavy atom. The van der Waals surface area contributed by atoms with Crippen LogP contribution in [0.4, 0.5) is 5.69 Å². The molecule has 1 aromatic carbocycles. The van der Waals surface area contributed by atoms with E-state index < -0.39 is 0 Å². The maximum atomic E-state index is 12.2. The van der Waals surface area contributed by atoms with Gasteiger partial charge in [0, 0.05) is 23.7 Å². The van der Waals surface area contributed by atoms with Crippen LogP contribution in [0.5, 0.6) is 0 Å². The lowest BCUT2D eigenvalue weighted by molar-refractivity contribution is 0.0951. The highest BCUT2D eigenvalue weighted by Crippen LogP contribution is 2.26. The van der Waals surface area contributed by atoms with Crippen molar-refractivity contribution >= 4 is 39.8 Å². The minimum absolute atomic E-state index is 0.00460. The molecule has 1 fully saturated rings. The molecule has 1 amide bonds. The van der Waals surface area contributed by atoms with Crippen molar-refractivity contribution in [2.24, 2.45) is 5.92 Å². The molecule has 2 N–H and O–H groups in total. The fraction of sp³-hybridized carbons (Fsp3) is 0.350. The Morgan fingerprint density at radius 3 is 2.70 bits per heavy atom. The van der Waals surface area contributed by atoms with Crippen LogP contribution < -0.4 is 10.6 Å². The average molecular weight is 475 g/mol. The number of hydrogen-bond donors (Lipinski definition) is 2. The number of rotatable bonds is 6. The Balaban J connectivity index is 1.64. The second-order valence-corrected chi connectivity index (χ2v) is 8.46. The lowest BCUT2D eigenvalue weighted by Gasteiger charge is -2.11. The van der Waals surface area contributed by atoms with Gasteiger partial charge in [0.05, 0.1) is 17.6 Å². The van der Waals surface area contributed by atoms with Gasteiger partial charge >= 0.3 is 0 Å². The van der Waals surface area contributed by atoms with Crippen LogP contribution in [0, 0.1) is 9.62 Å². The van der Waals surface area contributed by atoms with E-state index in [4.69, 9.17) is 0 Å². The second-order valence-electron chi connectivity index (χ2n) is 7.36. The van der Waals surface area contributed by atoms with Gasteiger partial charge in [-0.25, -0.2) is 9.50 Å². The molecule has 3 aromatic rings. The average Bonchev–Trinajstić information content (AvgIpc) is 3.36. The summed E-state index contributed by atoms with van der Waals surface area (Å²) in [5, 5.41) is 11.1. The minimum Gasteiger partial charge on any atom is -0.382 e. The topological polar surface area (TPSA) is 71.3 Å². The van der Waals surface area contributed by atoms with Gasteiger partial charge in [-0.3, -0.25) is 4.79 Å². The van der Waals surface area contributed by atoms with Crippen LogP contribution >= 0.6 is 22.6 Å². The van der Waals surface area contributed by atoms with E-state index in [-0.39, 0.29) is 5.91 Å². The van der Waals surface area contributed by atoms with Crippen molar-refractivity contribution < 1.29 is 4.79 Å². The van der Waals surface area contributed by atoms with Gasteiger partial charge in [0.25, 0.3) is 5.91 Å². The summed E-state index contributed by atoms with van der Waals surface area (Å²) < 4.78 is 2.76. The predicted molar refractivity (Wildman–Crippen MR) is 115 cm³/mol. The fourth-order valence-corrected chi connectivity index (χ4v) is 3.40. The lowest BCUT2D eigenvalue weighted by Crippen LogP contribution is -2.25. The number of nitrogens with one attached hydrogen (secondary N) is 2. The van der Waals surface area contributed by atoms with Gasteiger partial charge in [-0.1, -0.05) is 26.0 Å².